The SMILES string of the molecule is CNc1ccc2c(c1)c(C(=O)NCc1c(SC)cc(C)[nH]c1=O)c(C)n2[C@H](C)C1CC(NC2CC(F)(F)C2)C1. The molecule has 1 aromatic carbocycles. The molecule has 10 heteroatoms. The first kappa shape index (κ1) is 27.7. The monoisotopic (exact) mass is 557 g/mol. The number of benzene rings is 1. The number of nitrogens with zero attached hydrogens (tertiary/aromatic N) is 1. The molecule has 5 rings (SSSR count). The van der Waals surface area contributed by atoms with Crippen molar-refractivity contribution in [1.29, 1.82) is 0 Å². The summed E-state index contributed by atoms with van der Waals surface area (Å²) in [7, 11) is 1.85. The van der Waals surface area contributed by atoms with Crippen molar-refractivity contribution in [3.63, 3.8) is 0 Å². The second-order valence-electron chi connectivity index (χ2n) is 11.1. The number of anilines is 1. The van der Waals surface area contributed by atoms with Crippen LogP contribution in [0.4, 0.5) is 14.5 Å². The third-order valence-corrected chi connectivity index (χ3v) is 9.27. The third-order valence-electron chi connectivity index (χ3n) is 8.47. The second-order valence-corrected chi connectivity index (χ2v) is 12.0. The standard InChI is InChI=1S/C29H37F2N5O2S/c1-15-8-25(39-5)23(27(37)34-15)14-33-28(38)26-17(3)36(24-7-6-19(32-4)11-22(24)26)16(2)18-9-20(10-18)35-21-12-29(30,31)13-21/h6-8,11,16,18,20-21,32,35H,9-10,12-14H2,1-5H3,(H,33,38)(H,34,37)/t16-,18?,20?/m1/s1. The number of fused-ring (bicyclic) bond motifs is 1. The van der Waals surface area contributed by atoms with Crippen LogP contribution in [0.2, 0.25) is 0 Å². The van der Waals surface area contributed by atoms with Crippen molar-refractivity contribution in [2.45, 2.75) is 81.9 Å². The lowest BCUT2D eigenvalue weighted by atomic mass is 9.74. The summed E-state index contributed by atoms with van der Waals surface area (Å²) in [6.45, 7) is 6.12. The van der Waals surface area contributed by atoms with Gasteiger partial charge in [-0.15, -0.1) is 11.8 Å². The van der Waals surface area contributed by atoms with E-state index in [1.54, 1.807) is 0 Å². The van der Waals surface area contributed by atoms with Crippen molar-refractivity contribution in [3.8, 4) is 0 Å². The fourth-order valence-corrected chi connectivity index (χ4v) is 6.92. The molecule has 2 aromatic heterocycles. The topological polar surface area (TPSA) is 91.0 Å². The molecule has 2 aliphatic rings. The van der Waals surface area contributed by atoms with Gasteiger partial charge in [0.15, 0.2) is 0 Å². The van der Waals surface area contributed by atoms with E-state index in [0.717, 1.165) is 45.7 Å². The van der Waals surface area contributed by atoms with Gasteiger partial charge >= 0.3 is 0 Å². The first-order chi connectivity index (χ1) is 18.5. The van der Waals surface area contributed by atoms with Crippen LogP contribution in [0.3, 0.4) is 0 Å². The summed E-state index contributed by atoms with van der Waals surface area (Å²) in [5, 5.41) is 10.4. The molecule has 0 saturated heterocycles. The van der Waals surface area contributed by atoms with Crippen LogP contribution >= 0.6 is 11.8 Å². The van der Waals surface area contributed by atoms with Gasteiger partial charge in [-0.2, -0.15) is 0 Å². The number of hydrogen-bond acceptors (Lipinski definition) is 5. The molecule has 1 amide bonds. The first-order valence-corrected chi connectivity index (χ1v) is 14.7. The highest BCUT2D eigenvalue weighted by Gasteiger charge is 2.47. The van der Waals surface area contributed by atoms with Gasteiger partial charge in [-0.05, 0) is 70.1 Å². The van der Waals surface area contributed by atoms with E-state index in [2.05, 4.69) is 32.4 Å². The van der Waals surface area contributed by atoms with Crippen LogP contribution in [0.1, 0.15) is 66.0 Å². The molecular weight excluding hydrogens is 520 g/mol. The van der Waals surface area contributed by atoms with Crippen LogP contribution in [0, 0.1) is 19.8 Å². The molecule has 4 N–H and O–H groups in total. The Bertz CT molecular complexity index is 1450. The Morgan fingerprint density at radius 1 is 1.21 bits per heavy atom. The summed E-state index contributed by atoms with van der Waals surface area (Å²) in [4.78, 5) is 29.9. The van der Waals surface area contributed by atoms with E-state index >= 15 is 0 Å². The quantitative estimate of drug-likeness (QED) is 0.266. The molecule has 39 heavy (non-hydrogen) atoms. The van der Waals surface area contributed by atoms with Crippen LogP contribution in [-0.4, -0.2) is 46.8 Å². The molecule has 0 spiro atoms. The minimum absolute atomic E-state index is 0.0652. The van der Waals surface area contributed by atoms with Gasteiger partial charge in [0.1, 0.15) is 0 Å². The summed E-state index contributed by atoms with van der Waals surface area (Å²) in [6, 6.07) is 8.28. The molecule has 2 saturated carbocycles. The number of rotatable bonds is 9. The summed E-state index contributed by atoms with van der Waals surface area (Å²) < 4.78 is 28.7. The van der Waals surface area contributed by atoms with Crippen molar-refractivity contribution in [3.05, 3.63) is 57.1 Å². The normalized spacial score (nSPS) is 21.3. The predicted molar refractivity (Wildman–Crippen MR) is 153 cm³/mol. The number of H-pyrrole nitrogens is 1. The summed E-state index contributed by atoms with van der Waals surface area (Å²) in [5.74, 6) is -2.35. The van der Waals surface area contributed by atoms with Crippen LogP contribution < -0.4 is 21.5 Å². The number of thioether (sulfide) groups is 1. The smallest absolute Gasteiger partial charge is 0.254 e. The fraction of sp³-hybridized carbons (Fsp3) is 0.517. The summed E-state index contributed by atoms with van der Waals surface area (Å²) in [6.07, 6.45) is 3.63. The molecule has 2 fully saturated rings. The highest BCUT2D eigenvalue weighted by atomic mass is 32.2. The van der Waals surface area contributed by atoms with Gasteiger partial charge in [0, 0.05) is 83.0 Å². The average molecular weight is 558 g/mol. The molecule has 7 nitrogen and oxygen atoms in total. The zero-order valence-electron chi connectivity index (χ0n) is 23.1. The van der Waals surface area contributed by atoms with E-state index in [1.165, 1.54) is 11.8 Å². The average Bonchev–Trinajstić information content (AvgIpc) is 3.13. The van der Waals surface area contributed by atoms with E-state index < -0.39 is 5.92 Å². The molecule has 1 atom stereocenters. The maximum Gasteiger partial charge on any atom is 0.254 e. The lowest BCUT2D eigenvalue weighted by molar-refractivity contribution is -0.0981. The maximum atomic E-state index is 13.6. The van der Waals surface area contributed by atoms with Gasteiger partial charge in [-0.3, -0.25) is 9.59 Å². The molecule has 210 valence electrons. The van der Waals surface area contributed by atoms with Crippen LogP contribution in [-0.2, 0) is 6.54 Å². The van der Waals surface area contributed by atoms with Gasteiger partial charge in [0.05, 0.1) is 5.56 Å². The highest BCUT2D eigenvalue weighted by molar-refractivity contribution is 7.98. The van der Waals surface area contributed by atoms with Crippen molar-refractivity contribution in [2.75, 3.05) is 18.6 Å². The van der Waals surface area contributed by atoms with Crippen LogP contribution in [0.25, 0.3) is 10.9 Å². The van der Waals surface area contributed by atoms with Crippen molar-refractivity contribution < 1.29 is 13.6 Å². The summed E-state index contributed by atoms with van der Waals surface area (Å²) in [5.41, 5.74) is 4.51. The Labute approximate surface area is 231 Å². The Morgan fingerprint density at radius 2 is 1.92 bits per heavy atom. The lowest BCUT2D eigenvalue weighted by Crippen LogP contribution is -2.55. The Morgan fingerprint density at radius 3 is 2.56 bits per heavy atom. The van der Waals surface area contributed by atoms with E-state index in [-0.39, 0.29) is 49.0 Å². The third kappa shape index (κ3) is 5.33. The van der Waals surface area contributed by atoms with Crippen molar-refractivity contribution >= 4 is 34.3 Å². The van der Waals surface area contributed by atoms with Gasteiger partial charge in [-0.1, -0.05) is 0 Å². The number of alkyl halides is 2. The molecule has 0 radical (unpaired) electrons. The molecule has 2 heterocycles. The minimum Gasteiger partial charge on any atom is -0.388 e. The van der Waals surface area contributed by atoms with Crippen molar-refractivity contribution in [1.82, 2.24) is 20.2 Å². The van der Waals surface area contributed by atoms with Crippen LogP contribution in [0.5, 0.6) is 0 Å². The molecular formula is C29H37F2N5O2S. The Kier molecular flexibility index (Phi) is 7.54. The lowest BCUT2D eigenvalue weighted by Gasteiger charge is -2.45. The van der Waals surface area contributed by atoms with E-state index in [9.17, 15) is 18.4 Å². The van der Waals surface area contributed by atoms with Gasteiger partial charge < -0.3 is 25.5 Å². The van der Waals surface area contributed by atoms with E-state index in [1.807, 2.05) is 51.4 Å². The predicted octanol–water partition coefficient (Wildman–Crippen LogP) is 5.37. The molecule has 2 aliphatic carbocycles. The van der Waals surface area contributed by atoms with Gasteiger partial charge in [0.2, 0.25) is 0 Å². The largest absolute Gasteiger partial charge is 0.388 e. The second kappa shape index (κ2) is 10.6. The summed E-state index contributed by atoms with van der Waals surface area (Å²) >= 11 is 1.48. The van der Waals surface area contributed by atoms with E-state index in [0.29, 0.717) is 17.0 Å². The highest BCUT2D eigenvalue weighted by Crippen LogP contribution is 2.43. The Balaban J connectivity index is 1.38. The number of amides is 1. The van der Waals surface area contributed by atoms with E-state index in [4.69, 9.17) is 0 Å². The number of aromatic nitrogens is 2. The maximum absolute atomic E-state index is 13.6. The molecule has 0 unspecified atom stereocenters. The molecule has 0 bridgehead atoms. The number of hydrogen-bond donors (Lipinski definition) is 4. The first-order valence-electron chi connectivity index (χ1n) is 13.5. The van der Waals surface area contributed by atoms with Crippen molar-refractivity contribution in [2.24, 2.45) is 5.92 Å². The van der Waals surface area contributed by atoms with Crippen LogP contribution in [0.15, 0.2) is 34.0 Å². The molecule has 3 aromatic rings. The number of nitrogens with one attached hydrogen (secondary N) is 4. The number of aromatic amines is 1. The Hall–Kier alpha value is -2.85. The van der Waals surface area contributed by atoms with Gasteiger partial charge in [0.25, 0.3) is 17.4 Å². The number of pyridine rings is 1. The molecule has 0 aliphatic heterocycles. The number of aryl methyl sites for hydroxylation is 1. The fourth-order valence-electron chi connectivity index (χ4n) is 6.22. The minimum atomic E-state index is -2.51. The zero-order valence-corrected chi connectivity index (χ0v) is 23.9. The zero-order chi connectivity index (χ0) is 28.1. The van der Waals surface area contributed by atoms with Gasteiger partial charge in [-0.25, -0.2) is 8.78 Å². The number of halogens is 2. The number of carbonyl (C=O) groups is 1. The number of carbonyl (C=O) groups excluding carboxylic acids is 1.